The Labute approximate surface area is 113 Å². The fourth-order valence-electron chi connectivity index (χ4n) is 2.63. The number of rotatable bonds is 2. The molecule has 1 saturated carbocycles. The van der Waals surface area contributed by atoms with Gasteiger partial charge in [-0.15, -0.1) is 0 Å². The van der Waals surface area contributed by atoms with E-state index in [0.717, 1.165) is 30.5 Å². The highest BCUT2D eigenvalue weighted by Crippen LogP contribution is 2.42. The van der Waals surface area contributed by atoms with Crippen LogP contribution in [0.5, 0.6) is 0 Å². The largest absolute Gasteiger partial charge is 0.259 e. The fourth-order valence-corrected chi connectivity index (χ4v) is 2.63. The summed E-state index contributed by atoms with van der Waals surface area (Å²) in [4.78, 5) is 4.53. The van der Waals surface area contributed by atoms with Crippen molar-refractivity contribution < 1.29 is 0 Å². The monoisotopic (exact) mass is 248 g/mol. The first kappa shape index (κ1) is 11.9. The standard InChI is InChI=1S/C17H16N2/c1-13-4-2-5-14(10-13)15-6-7-16(19-11-15)17(12-18)8-3-9-17/h2,4-7,10-11H,3,8-9H2,1H3. The van der Waals surface area contributed by atoms with Gasteiger partial charge in [0.2, 0.25) is 0 Å². The predicted molar refractivity (Wildman–Crippen MR) is 75.6 cm³/mol. The summed E-state index contributed by atoms with van der Waals surface area (Å²) in [7, 11) is 0. The SMILES string of the molecule is Cc1cccc(-c2ccc(C3(C#N)CCC3)nc2)c1. The minimum atomic E-state index is -0.314. The molecule has 0 N–H and O–H groups in total. The second kappa shape index (κ2) is 4.51. The first-order chi connectivity index (χ1) is 9.23. The van der Waals surface area contributed by atoms with Crippen LogP contribution >= 0.6 is 0 Å². The number of nitrogens with zero attached hydrogens (tertiary/aromatic N) is 2. The van der Waals surface area contributed by atoms with E-state index in [1.807, 2.05) is 12.3 Å². The molecule has 0 atom stereocenters. The van der Waals surface area contributed by atoms with Crippen molar-refractivity contribution in [1.29, 1.82) is 5.26 Å². The first-order valence-corrected chi connectivity index (χ1v) is 6.68. The Hall–Kier alpha value is -2.14. The second-order valence-electron chi connectivity index (χ2n) is 5.35. The number of benzene rings is 1. The molecular weight excluding hydrogens is 232 g/mol. The van der Waals surface area contributed by atoms with Crippen LogP contribution in [0, 0.1) is 18.3 Å². The summed E-state index contributed by atoms with van der Waals surface area (Å²) < 4.78 is 0. The van der Waals surface area contributed by atoms with Gasteiger partial charge in [-0.2, -0.15) is 5.26 Å². The smallest absolute Gasteiger partial charge is 0.0993 e. The van der Waals surface area contributed by atoms with Crippen LogP contribution in [-0.2, 0) is 5.41 Å². The van der Waals surface area contributed by atoms with Crippen molar-refractivity contribution in [2.75, 3.05) is 0 Å². The molecule has 2 nitrogen and oxygen atoms in total. The zero-order valence-corrected chi connectivity index (χ0v) is 11.1. The quantitative estimate of drug-likeness (QED) is 0.805. The predicted octanol–water partition coefficient (Wildman–Crippen LogP) is 4.00. The number of aryl methyl sites for hydroxylation is 1. The Bertz CT molecular complexity index is 631. The van der Waals surface area contributed by atoms with Crippen molar-refractivity contribution in [3.8, 4) is 17.2 Å². The summed E-state index contributed by atoms with van der Waals surface area (Å²) in [6.07, 6.45) is 4.91. The van der Waals surface area contributed by atoms with Gasteiger partial charge in [0.15, 0.2) is 0 Å². The van der Waals surface area contributed by atoms with E-state index in [4.69, 9.17) is 0 Å². The molecule has 0 saturated heterocycles. The zero-order chi connectivity index (χ0) is 13.3. The third kappa shape index (κ3) is 2.02. The number of nitriles is 1. The maximum atomic E-state index is 9.32. The molecule has 2 aromatic rings. The van der Waals surface area contributed by atoms with E-state index in [2.05, 4.69) is 48.3 Å². The van der Waals surface area contributed by atoms with Crippen molar-refractivity contribution in [2.45, 2.75) is 31.6 Å². The van der Waals surface area contributed by atoms with Gasteiger partial charge in [-0.3, -0.25) is 4.98 Å². The van der Waals surface area contributed by atoms with Gasteiger partial charge in [0, 0.05) is 11.8 Å². The lowest BCUT2D eigenvalue weighted by Crippen LogP contribution is -2.33. The Morgan fingerprint density at radius 1 is 1.16 bits per heavy atom. The van der Waals surface area contributed by atoms with Crippen molar-refractivity contribution in [3.05, 3.63) is 53.9 Å². The molecule has 3 rings (SSSR count). The molecule has 0 unspecified atom stereocenters. The van der Waals surface area contributed by atoms with Gasteiger partial charge in [0.05, 0.1) is 17.2 Å². The van der Waals surface area contributed by atoms with E-state index >= 15 is 0 Å². The van der Waals surface area contributed by atoms with E-state index in [9.17, 15) is 5.26 Å². The van der Waals surface area contributed by atoms with E-state index in [1.165, 1.54) is 11.1 Å². The summed E-state index contributed by atoms with van der Waals surface area (Å²) >= 11 is 0. The van der Waals surface area contributed by atoms with Crippen LogP contribution in [-0.4, -0.2) is 4.98 Å². The van der Waals surface area contributed by atoms with Crippen molar-refractivity contribution >= 4 is 0 Å². The molecule has 0 radical (unpaired) electrons. The van der Waals surface area contributed by atoms with Crippen LogP contribution in [0.4, 0.5) is 0 Å². The summed E-state index contributed by atoms with van der Waals surface area (Å²) in [5.41, 5.74) is 4.15. The highest BCUT2D eigenvalue weighted by molar-refractivity contribution is 5.63. The Kier molecular flexibility index (Phi) is 2.83. The van der Waals surface area contributed by atoms with Crippen LogP contribution in [0.3, 0.4) is 0 Å². The van der Waals surface area contributed by atoms with Gasteiger partial charge in [0.1, 0.15) is 0 Å². The van der Waals surface area contributed by atoms with Crippen LogP contribution in [0.25, 0.3) is 11.1 Å². The third-order valence-corrected chi connectivity index (χ3v) is 4.03. The summed E-state index contributed by atoms with van der Waals surface area (Å²) in [6.45, 7) is 2.09. The van der Waals surface area contributed by atoms with Gasteiger partial charge in [-0.25, -0.2) is 0 Å². The molecule has 1 aliphatic carbocycles. The molecule has 1 fully saturated rings. The van der Waals surface area contributed by atoms with E-state index in [0.29, 0.717) is 0 Å². The lowest BCUT2D eigenvalue weighted by atomic mass is 9.67. The molecule has 0 spiro atoms. The van der Waals surface area contributed by atoms with Gasteiger partial charge in [-0.1, -0.05) is 35.9 Å². The molecule has 1 aliphatic rings. The second-order valence-corrected chi connectivity index (χ2v) is 5.35. The Morgan fingerprint density at radius 3 is 2.53 bits per heavy atom. The third-order valence-electron chi connectivity index (χ3n) is 4.03. The van der Waals surface area contributed by atoms with E-state index < -0.39 is 0 Å². The van der Waals surface area contributed by atoms with Gasteiger partial charge < -0.3 is 0 Å². The van der Waals surface area contributed by atoms with Gasteiger partial charge >= 0.3 is 0 Å². The van der Waals surface area contributed by atoms with Crippen LogP contribution < -0.4 is 0 Å². The lowest BCUT2D eigenvalue weighted by Gasteiger charge is -2.34. The molecule has 2 heteroatoms. The average molecular weight is 248 g/mol. The topological polar surface area (TPSA) is 36.7 Å². The zero-order valence-electron chi connectivity index (χ0n) is 11.1. The van der Waals surface area contributed by atoms with Gasteiger partial charge in [0.25, 0.3) is 0 Å². The maximum absolute atomic E-state index is 9.32. The molecule has 1 heterocycles. The minimum absolute atomic E-state index is 0.314. The molecule has 1 aromatic heterocycles. The summed E-state index contributed by atoms with van der Waals surface area (Å²) in [6, 6.07) is 14.9. The highest BCUT2D eigenvalue weighted by Gasteiger charge is 2.40. The summed E-state index contributed by atoms with van der Waals surface area (Å²) in [5, 5.41) is 9.32. The first-order valence-electron chi connectivity index (χ1n) is 6.68. The van der Waals surface area contributed by atoms with Crippen molar-refractivity contribution in [2.24, 2.45) is 0 Å². The maximum Gasteiger partial charge on any atom is 0.0993 e. The number of pyridine rings is 1. The molecule has 0 amide bonds. The average Bonchev–Trinajstić information content (AvgIpc) is 2.39. The summed E-state index contributed by atoms with van der Waals surface area (Å²) in [5.74, 6) is 0. The normalized spacial score (nSPS) is 16.4. The number of aromatic nitrogens is 1. The minimum Gasteiger partial charge on any atom is -0.259 e. The molecular formula is C17H16N2. The molecule has 1 aromatic carbocycles. The lowest BCUT2D eigenvalue weighted by molar-refractivity contribution is 0.316. The van der Waals surface area contributed by atoms with Crippen molar-refractivity contribution in [1.82, 2.24) is 4.98 Å². The van der Waals surface area contributed by atoms with Crippen LogP contribution in [0.2, 0.25) is 0 Å². The molecule has 0 aliphatic heterocycles. The molecule has 0 bridgehead atoms. The molecule has 94 valence electrons. The van der Waals surface area contributed by atoms with E-state index in [-0.39, 0.29) is 5.41 Å². The van der Waals surface area contributed by atoms with Crippen LogP contribution in [0.15, 0.2) is 42.6 Å². The van der Waals surface area contributed by atoms with Crippen molar-refractivity contribution in [3.63, 3.8) is 0 Å². The number of hydrogen-bond acceptors (Lipinski definition) is 2. The highest BCUT2D eigenvalue weighted by atomic mass is 14.7. The Morgan fingerprint density at radius 2 is 2.00 bits per heavy atom. The van der Waals surface area contributed by atoms with Crippen LogP contribution in [0.1, 0.15) is 30.5 Å². The fraction of sp³-hybridized carbons (Fsp3) is 0.294. The number of hydrogen-bond donors (Lipinski definition) is 0. The van der Waals surface area contributed by atoms with Gasteiger partial charge in [-0.05, 0) is 37.8 Å². The Balaban J connectivity index is 1.93. The van der Waals surface area contributed by atoms with E-state index in [1.54, 1.807) is 0 Å². The molecule has 19 heavy (non-hydrogen) atoms.